The van der Waals surface area contributed by atoms with Gasteiger partial charge < -0.3 is 14.2 Å². The van der Waals surface area contributed by atoms with Crippen molar-refractivity contribution in [2.45, 2.75) is 0 Å². The summed E-state index contributed by atoms with van der Waals surface area (Å²) in [6.45, 7) is 0.0798. The molecule has 4 nitrogen and oxygen atoms in total. The van der Waals surface area contributed by atoms with Crippen LogP contribution in [0.15, 0.2) is 53.0 Å². The van der Waals surface area contributed by atoms with E-state index in [1.54, 1.807) is 18.2 Å². The van der Waals surface area contributed by atoms with Gasteiger partial charge in [-0.05, 0) is 36.4 Å². The highest BCUT2D eigenvalue weighted by molar-refractivity contribution is 9.10. The number of hydrogen-bond donors (Lipinski definition) is 0. The molecule has 0 amide bonds. The molecule has 0 aliphatic rings. The van der Waals surface area contributed by atoms with Crippen LogP contribution >= 0.6 is 15.9 Å². The molecule has 22 heavy (non-hydrogen) atoms. The number of carbonyl (C=O) groups is 1. The molecule has 0 aliphatic heterocycles. The van der Waals surface area contributed by atoms with E-state index in [0.29, 0.717) is 5.75 Å². The highest BCUT2D eigenvalue weighted by atomic mass is 79.9. The first-order valence-electron chi connectivity index (χ1n) is 6.56. The van der Waals surface area contributed by atoms with Crippen LogP contribution in [-0.4, -0.2) is 25.8 Å². The van der Waals surface area contributed by atoms with Gasteiger partial charge in [0.15, 0.2) is 6.61 Å². The third-order valence-corrected chi connectivity index (χ3v) is 3.11. The summed E-state index contributed by atoms with van der Waals surface area (Å²) in [5.41, 5.74) is 0. The second-order valence-electron chi connectivity index (χ2n) is 4.27. The standard InChI is InChI=1S/C16H14BrFO4/c17-12-4-6-14(7-5-12)20-8-9-21-16(19)11-22-15-3-1-2-13(18)10-15/h1-7,10H,8-9,11H2. The third-order valence-electron chi connectivity index (χ3n) is 2.58. The molecule has 0 heterocycles. The molecular weight excluding hydrogens is 355 g/mol. The van der Waals surface area contributed by atoms with Gasteiger partial charge in [0.1, 0.15) is 30.5 Å². The molecule has 2 rings (SSSR count). The quantitative estimate of drug-likeness (QED) is 0.553. The zero-order valence-electron chi connectivity index (χ0n) is 11.6. The van der Waals surface area contributed by atoms with Crippen molar-refractivity contribution >= 4 is 21.9 Å². The first kappa shape index (κ1) is 16.3. The zero-order chi connectivity index (χ0) is 15.8. The van der Waals surface area contributed by atoms with E-state index in [1.807, 2.05) is 12.1 Å². The topological polar surface area (TPSA) is 44.8 Å². The summed E-state index contributed by atoms with van der Waals surface area (Å²) < 4.78 is 29.3. The zero-order valence-corrected chi connectivity index (χ0v) is 13.2. The first-order valence-corrected chi connectivity index (χ1v) is 7.35. The Bertz CT molecular complexity index is 616. The second kappa shape index (κ2) is 8.38. The molecule has 2 aromatic rings. The summed E-state index contributed by atoms with van der Waals surface area (Å²) in [5, 5.41) is 0. The number of esters is 1. The van der Waals surface area contributed by atoms with E-state index in [-0.39, 0.29) is 25.6 Å². The van der Waals surface area contributed by atoms with Crippen molar-refractivity contribution in [3.8, 4) is 11.5 Å². The first-order chi connectivity index (χ1) is 10.6. The highest BCUT2D eigenvalue weighted by Crippen LogP contribution is 2.16. The van der Waals surface area contributed by atoms with Gasteiger partial charge in [-0.3, -0.25) is 0 Å². The van der Waals surface area contributed by atoms with E-state index in [2.05, 4.69) is 15.9 Å². The molecule has 0 bridgehead atoms. The van der Waals surface area contributed by atoms with Crippen LogP contribution in [0.2, 0.25) is 0 Å². The van der Waals surface area contributed by atoms with E-state index in [4.69, 9.17) is 14.2 Å². The van der Waals surface area contributed by atoms with E-state index in [9.17, 15) is 9.18 Å². The van der Waals surface area contributed by atoms with Gasteiger partial charge >= 0.3 is 5.97 Å². The molecule has 0 spiro atoms. The van der Waals surface area contributed by atoms with Crippen molar-refractivity contribution in [3.63, 3.8) is 0 Å². The number of hydrogen-bond acceptors (Lipinski definition) is 4. The van der Waals surface area contributed by atoms with Crippen LogP contribution in [-0.2, 0) is 9.53 Å². The minimum Gasteiger partial charge on any atom is -0.490 e. The monoisotopic (exact) mass is 368 g/mol. The average molecular weight is 369 g/mol. The predicted octanol–water partition coefficient (Wildman–Crippen LogP) is 3.59. The maximum Gasteiger partial charge on any atom is 0.344 e. The van der Waals surface area contributed by atoms with Crippen LogP contribution in [0.1, 0.15) is 0 Å². The summed E-state index contributed by atoms with van der Waals surface area (Å²) in [6, 6.07) is 12.9. The second-order valence-corrected chi connectivity index (χ2v) is 5.18. The fraction of sp³-hybridized carbons (Fsp3) is 0.188. The van der Waals surface area contributed by atoms with Gasteiger partial charge in [0.05, 0.1) is 0 Å². The Hall–Kier alpha value is -2.08. The Morgan fingerprint density at radius 3 is 2.50 bits per heavy atom. The lowest BCUT2D eigenvalue weighted by molar-refractivity contribution is -0.146. The Morgan fingerprint density at radius 2 is 1.77 bits per heavy atom. The van der Waals surface area contributed by atoms with Gasteiger partial charge in [-0.15, -0.1) is 0 Å². The lowest BCUT2D eigenvalue weighted by Gasteiger charge is -2.08. The van der Waals surface area contributed by atoms with Crippen LogP contribution in [0.25, 0.3) is 0 Å². The van der Waals surface area contributed by atoms with Gasteiger partial charge in [-0.25, -0.2) is 9.18 Å². The van der Waals surface area contributed by atoms with Gasteiger partial charge in [0.2, 0.25) is 0 Å². The van der Waals surface area contributed by atoms with E-state index in [0.717, 1.165) is 4.47 Å². The fourth-order valence-electron chi connectivity index (χ4n) is 1.59. The number of rotatable bonds is 7. The van der Waals surface area contributed by atoms with Crippen molar-refractivity contribution in [2.75, 3.05) is 19.8 Å². The van der Waals surface area contributed by atoms with Crippen molar-refractivity contribution in [1.82, 2.24) is 0 Å². The number of halogens is 2. The molecule has 0 atom stereocenters. The normalized spacial score (nSPS) is 10.1. The Balaban J connectivity index is 1.62. The molecule has 0 N–H and O–H groups in total. The number of ether oxygens (including phenoxy) is 3. The molecule has 0 aromatic heterocycles. The van der Waals surface area contributed by atoms with E-state index >= 15 is 0 Å². The van der Waals surface area contributed by atoms with Crippen molar-refractivity contribution in [1.29, 1.82) is 0 Å². The minimum absolute atomic E-state index is 0.113. The molecule has 6 heteroatoms. The van der Waals surface area contributed by atoms with Crippen LogP contribution in [0.3, 0.4) is 0 Å². The molecule has 0 fully saturated rings. The largest absolute Gasteiger partial charge is 0.490 e. The van der Waals surface area contributed by atoms with Crippen molar-refractivity contribution in [3.05, 3.63) is 58.8 Å². The van der Waals surface area contributed by atoms with Gasteiger partial charge in [0, 0.05) is 10.5 Å². The summed E-state index contributed by atoms with van der Waals surface area (Å²) in [7, 11) is 0. The van der Waals surface area contributed by atoms with E-state index < -0.39 is 11.8 Å². The summed E-state index contributed by atoms with van der Waals surface area (Å²) in [6.07, 6.45) is 0. The molecule has 0 saturated carbocycles. The number of benzene rings is 2. The van der Waals surface area contributed by atoms with Gasteiger partial charge in [-0.2, -0.15) is 0 Å². The van der Waals surface area contributed by atoms with Crippen molar-refractivity contribution in [2.24, 2.45) is 0 Å². The maximum absolute atomic E-state index is 12.9. The third kappa shape index (κ3) is 5.73. The summed E-state index contributed by atoms with van der Waals surface area (Å²) >= 11 is 3.32. The molecular formula is C16H14BrFO4. The highest BCUT2D eigenvalue weighted by Gasteiger charge is 2.05. The Labute approximate surface area is 135 Å². The van der Waals surface area contributed by atoms with Crippen LogP contribution in [0, 0.1) is 5.82 Å². The average Bonchev–Trinajstić information content (AvgIpc) is 2.51. The van der Waals surface area contributed by atoms with Crippen LogP contribution in [0.4, 0.5) is 4.39 Å². The van der Waals surface area contributed by atoms with Crippen molar-refractivity contribution < 1.29 is 23.4 Å². The van der Waals surface area contributed by atoms with Gasteiger partial charge in [0.25, 0.3) is 0 Å². The molecule has 0 unspecified atom stereocenters. The molecule has 2 aromatic carbocycles. The summed E-state index contributed by atoms with van der Waals surface area (Å²) in [5.74, 6) is 0.00996. The molecule has 0 radical (unpaired) electrons. The lowest BCUT2D eigenvalue weighted by atomic mass is 10.3. The molecule has 0 aliphatic carbocycles. The smallest absolute Gasteiger partial charge is 0.344 e. The molecule has 116 valence electrons. The fourth-order valence-corrected chi connectivity index (χ4v) is 1.85. The summed E-state index contributed by atoms with van der Waals surface area (Å²) in [4.78, 5) is 11.5. The van der Waals surface area contributed by atoms with E-state index in [1.165, 1.54) is 18.2 Å². The molecule has 0 saturated heterocycles. The van der Waals surface area contributed by atoms with Gasteiger partial charge in [-0.1, -0.05) is 22.0 Å². The SMILES string of the molecule is O=C(COc1cccc(F)c1)OCCOc1ccc(Br)cc1. The Kier molecular flexibility index (Phi) is 6.21. The van der Waals surface area contributed by atoms with Crippen LogP contribution in [0.5, 0.6) is 11.5 Å². The number of carbonyl (C=O) groups excluding carboxylic acids is 1. The lowest BCUT2D eigenvalue weighted by Crippen LogP contribution is -2.18. The van der Waals surface area contributed by atoms with Crippen LogP contribution < -0.4 is 9.47 Å². The minimum atomic E-state index is -0.538. The Morgan fingerprint density at radius 1 is 1.00 bits per heavy atom. The predicted molar refractivity (Wildman–Crippen MR) is 82.5 cm³/mol. The maximum atomic E-state index is 12.9.